The summed E-state index contributed by atoms with van der Waals surface area (Å²) in [6.07, 6.45) is 1.47. The molecule has 2 aromatic carbocycles. The molecule has 5 rings (SSSR count). The molecule has 0 aliphatic carbocycles. The largest absolute Gasteiger partial charge is 0.507 e. The molecule has 8 heteroatoms. The van der Waals surface area contributed by atoms with Gasteiger partial charge in [0.15, 0.2) is 11.5 Å². The lowest BCUT2D eigenvalue weighted by atomic mass is 9.98. The molecule has 8 nitrogen and oxygen atoms in total. The lowest BCUT2D eigenvalue weighted by molar-refractivity contribution is -0.140. The Balaban J connectivity index is 1.52. The molecule has 3 heterocycles. The highest BCUT2D eigenvalue weighted by atomic mass is 16.7. The van der Waals surface area contributed by atoms with Gasteiger partial charge in [-0.05, 0) is 66.4 Å². The molecule has 0 radical (unpaired) electrons. The van der Waals surface area contributed by atoms with Gasteiger partial charge in [0.25, 0.3) is 11.7 Å². The van der Waals surface area contributed by atoms with Crippen LogP contribution in [0.4, 0.5) is 0 Å². The van der Waals surface area contributed by atoms with Gasteiger partial charge in [0.05, 0.1) is 18.4 Å². The van der Waals surface area contributed by atoms with Gasteiger partial charge in [0.1, 0.15) is 23.3 Å². The minimum atomic E-state index is -0.886. The third kappa shape index (κ3) is 4.30. The minimum Gasteiger partial charge on any atom is -0.507 e. The maximum absolute atomic E-state index is 13.2. The van der Waals surface area contributed by atoms with E-state index in [2.05, 4.69) is 13.8 Å². The van der Waals surface area contributed by atoms with E-state index in [4.69, 9.17) is 18.6 Å². The molecule has 36 heavy (non-hydrogen) atoms. The molecular weight excluding hydrogens is 462 g/mol. The number of aliphatic hydroxyl groups is 1. The van der Waals surface area contributed by atoms with E-state index in [-0.39, 0.29) is 24.7 Å². The first-order valence-corrected chi connectivity index (χ1v) is 11.8. The van der Waals surface area contributed by atoms with Crippen molar-refractivity contribution in [2.75, 3.05) is 13.4 Å². The number of benzene rings is 2. The summed E-state index contributed by atoms with van der Waals surface area (Å²) in [5.74, 6) is 0.897. The normalized spacial score (nSPS) is 18.3. The first-order valence-electron chi connectivity index (χ1n) is 11.8. The zero-order valence-electron chi connectivity index (χ0n) is 20.3. The number of nitrogens with zero attached hydrogens (tertiary/aromatic N) is 1. The number of likely N-dealkylation sites (tertiary alicyclic amines) is 1. The number of hydrogen-bond donors (Lipinski definition) is 1. The average molecular weight is 490 g/mol. The molecule has 2 aliphatic rings. The number of Topliss-reactive ketones (excluding diaryl/α,β-unsaturated/α-hetero) is 1. The molecular formula is C28H27NO7. The fourth-order valence-corrected chi connectivity index (χ4v) is 4.39. The first-order chi connectivity index (χ1) is 17.3. The zero-order valence-corrected chi connectivity index (χ0v) is 20.3. The molecule has 2 aliphatic heterocycles. The number of carbonyl (C=O) groups is 2. The summed E-state index contributed by atoms with van der Waals surface area (Å²) in [7, 11) is 0. The van der Waals surface area contributed by atoms with E-state index in [9.17, 15) is 14.7 Å². The van der Waals surface area contributed by atoms with E-state index in [0.717, 1.165) is 11.1 Å². The molecule has 1 N–H and O–H groups in total. The molecule has 0 bridgehead atoms. The number of amides is 1. The van der Waals surface area contributed by atoms with Gasteiger partial charge >= 0.3 is 0 Å². The summed E-state index contributed by atoms with van der Waals surface area (Å²) in [6.45, 7) is 6.81. The van der Waals surface area contributed by atoms with Crippen LogP contribution < -0.4 is 14.2 Å². The quantitative estimate of drug-likeness (QED) is 0.284. The van der Waals surface area contributed by atoms with Crippen molar-refractivity contribution >= 4 is 17.4 Å². The van der Waals surface area contributed by atoms with E-state index in [0.29, 0.717) is 41.1 Å². The van der Waals surface area contributed by atoms with Gasteiger partial charge in [-0.25, -0.2) is 0 Å². The predicted octanol–water partition coefficient (Wildman–Crippen LogP) is 4.97. The van der Waals surface area contributed by atoms with Crippen molar-refractivity contribution in [3.63, 3.8) is 0 Å². The fraction of sp³-hybridized carbons (Fsp3) is 0.286. The van der Waals surface area contributed by atoms with Gasteiger partial charge in [-0.2, -0.15) is 0 Å². The van der Waals surface area contributed by atoms with Crippen LogP contribution in [0.15, 0.2) is 64.8 Å². The number of furan rings is 1. The van der Waals surface area contributed by atoms with Crippen LogP contribution in [0.5, 0.6) is 17.2 Å². The third-order valence-corrected chi connectivity index (χ3v) is 6.16. The third-order valence-electron chi connectivity index (χ3n) is 6.16. The first kappa shape index (κ1) is 23.5. The summed E-state index contributed by atoms with van der Waals surface area (Å²) < 4.78 is 22.3. The predicted molar refractivity (Wildman–Crippen MR) is 131 cm³/mol. The molecule has 3 aromatic rings. The summed E-state index contributed by atoms with van der Waals surface area (Å²) >= 11 is 0. The summed E-state index contributed by atoms with van der Waals surface area (Å²) in [6, 6.07) is 13.0. The lowest BCUT2D eigenvalue weighted by Gasteiger charge is -2.23. The molecule has 1 saturated heterocycles. The van der Waals surface area contributed by atoms with Crippen molar-refractivity contribution < 1.29 is 33.3 Å². The van der Waals surface area contributed by atoms with E-state index in [1.165, 1.54) is 11.2 Å². The van der Waals surface area contributed by atoms with Crippen LogP contribution in [0.3, 0.4) is 0 Å². The Morgan fingerprint density at radius 3 is 2.64 bits per heavy atom. The van der Waals surface area contributed by atoms with Crippen LogP contribution in [0.25, 0.3) is 5.76 Å². The number of aryl methyl sites for hydroxylation is 1. The van der Waals surface area contributed by atoms with Gasteiger partial charge in [0.2, 0.25) is 6.79 Å². The van der Waals surface area contributed by atoms with E-state index >= 15 is 0 Å². The maximum atomic E-state index is 13.2. The van der Waals surface area contributed by atoms with Gasteiger partial charge < -0.3 is 28.6 Å². The summed E-state index contributed by atoms with van der Waals surface area (Å²) in [5, 5.41) is 11.3. The fourth-order valence-electron chi connectivity index (χ4n) is 4.39. The van der Waals surface area contributed by atoms with Crippen molar-refractivity contribution in [1.82, 2.24) is 4.90 Å². The van der Waals surface area contributed by atoms with Gasteiger partial charge in [-0.3, -0.25) is 9.59 Å². The standard InChI is InChI=1S/C28H27NO7/c1-16(2)14-34-20-9-7-19(11-17(20)3)26(30)24-25(22-5-4-10-33-22)29(28(32)27(24)31)13-18-6-8-21-23(12-18)36-15-35-21/h4-12,16,25,30H,13-15H2,1-3H3/b26-24-. The highest BCUT2D eigenvalue weighted by molar-refractivity contribution is 6.46. The van der Waals surface area contributed by atoms with Crippen LogP contribution >= 0.6 is 0 Å². The number of ketones is 1. The van der Waals surface area contributed by atoms with Crippen LogP contribution in [-0.4, -0.2) is 35.1 Å². The number of hydrogen-bond acceptors (Lipinski definition) is 7. The Morgan fingerprint density at radius 2 is 1.92 bits per heavy atom. The molecule has 186 valence electrons. The van der Waals surface area contributed by atoms with Crippen molar-refractivity contribution in [3.8, 4) is 17.2 Å². The molecule has 1 unspecified atom stereocenters. The summed E-state index contributed by atoms with van der Waals surface area (Å²) in [5.41, 5.74) is 1.96. The monoisotopic (exact) mass is 489 g/mol. The molecule has 0 saturated carbocycles. The van der Waals surface area contributed by atoms with E-state index < -0.39 is 17.7 Å². The number of ether oxygens (including phenoxy) is 3. The maximum Gasteiger partial charge on any atom is 0.296 e. The molecule has 1 amide bonds. The Kier molecular flexibility index (Phi) is 6.18. The molecule has 1 fully saturated rings. The van der Waals surface area contributed by atoms with Crippen LogP contribution in [-0.2, 0) is 16.1 Å². The van der Waals surface area contributed by atoms with Crippen LogP contribution in [0, 0.1) is 12.8 Å². The second-order valence-corrected chi connectivity index (χ2v) is 9.32. The SMILES string of the molecule is Cc1cc(/C(O)=C2/C(=O)C(=O)N(Cc3ccc4c(c3)OCO4)C2c2ccco2)ccc1OCC(C)C. The zero-order chi connectivity index (χ0) is 25.4. The van der Waals surface area contributed by atoms with Crippen molar-refractivity contribution in [3.05, 3.63) is 82.8 Å². The molecule has 1 atom stereocenters. The highest BCUT2D eigenvalue weighted by Gasteiger charge is 2.47. The Labute approximate surface area is 208 Å². The second-order valence-electron chi connectivity index (χ2n) is 9.32. The summed E-state index contributed by atoms with van der Waals surface area (Å²) in [4.78, 5) is 27.8. The average Bonchev–Trinajstić information content (AvgIpc) is 3.60. The van der Waals surface area contributed by atoms with Gasteiger partial charge in [0, 0.05) is 12.1 Å². The molecule has 0 spiro atoms. The van der Waals surface area contributed by atoms with Gasteiger partial charge in [-0.15, -0.1) is 0 Å². The number of carbonyl (C=O) groups excluding carboxylic acids is 2. The lowest BCUT2D eigenvalue weighted by Crippen LogP contribution is -2.29. The number of aliphatic hydroxyl groups excluding tert-OH is 1. The Hall–Kier alpha value is -4.20. The van der Waals surface area contributed by atoms with Crippen LogP contribution in [0.2, 0.25) is 0 Å². The van der Waals surface area contributed by atoms with Crippen molar-refractivity contribution in [2.24, 2.45) is 5.92 Å². The number of rotatable bonds is 7. The topological polar surface area (TPSA) is 98.4 Å². The van der Waals surface area contributed by atoms with Gasteiger partial charge in [-0.1, -0.05) is 19.9 Å². The van der Waals surface area contributed by atoms with Crippen molar-refractivity contribution in [1.29, 1.82) is 0 Å². The Bertz CT molecular complexity index is 1340. The van der Waals surface area contributed by atoms with Crippen molar-refractivity contribution in [2.45, 2.75) is 33.4 Å². The van der Waals surface area contributed by atoms with E-state index in [1.807, 2.05) is 13.0 Å². The smallest absolute Gasteiger partial charge is 0.296 e. The minimum absolute atomic E-state index is 0.0223. The Morgan fingerprint density at radius 1 is 1.11 bits per heavy atom. The van der Waals surface area contributed by atoms with Crippen LogP contribution in [0.1, 0.15) is 42.3 Å². The molecule has 1 aromatic heterocycles. The number of fused-ring (bicyclic) bond motifs is 1. The second kappa shape index (κ2) is 9.45. The highest BCUT2D eigenvalue weighted by Crippen LogP contribution is 2.41. The van der Waals surface area contributed by atoms with E-state index in [1.54, 1.807) is 42.5 Å².